The smallest absolute Gasteiger partial charge is 0.338 e. The summed E-state index contributed by atoms with van der Waals surface area (Å²) >= 11 is 1.34. The number of ether oxygens (including phenoxy) is 2. The van der Waals surface area contributed by atoms with E-state index in [2.05, 4.69) is 11.6 Å². The third kappa shape index (κ3) is 3.82. The Kier molecular flexibility index (Phi) is 5.89. The van der Waals surface area contributed by atoms with Crippen LogP contribution < -0.4 is 4.74 Å². The van der Waals surface area contributed by atoms with Crippen LogP contribution in [0.1, 0.15) is 24.9 Å². The van der Waals surface area contributed by atoms with Crippen LogP contribution in [0.15, 0.2) is 64.3 Å². The number of amidine groups is 1. The molecule has 0 aliphatic carbocycles. The zero-order valence-electron chi connectivity index (χ0n) is 15.5. The number of benzene rings is 1. The molecule has 3 rings (SSSR count). The van der Waals surface area contributed by atoms with Gasteiger partial charge in [-0.1, -0.05) is 36.5 Å². The van der Waals surface area contributed by atoms with E-state index in [0.29, 0.717) is 27.9 Å². The van der Waals surface area contributed by atoms with Crippen LogP contribution in [0.5, 0.6) is 5.75 Å². The lowest BCUT2D eigenvalue weighted by molar-refractivity contribution is -0.138. The Morgan fingerprint density at radius 1 is 1.43 bits per heavy atom. The number of aliphatic carboxylic acids is 1. The maximum absolute atomic E-state index is 12.8. The maximum Gasteiger partial charge on any atom is 0.338 e. The molecule has 0 radical (unpaired) electrons. The number of fused-ring (bicyclic) bond motifs is 1. The Hall–Kier alpha value is -3.00. The highest BCUT2D eigenvalue weighted by atomic mass is 32.2. The van der Waals surface area contributed by atoms with Crippen LogP contribution in [0.25, 0.3) is 0 Å². The largest absolute Gasteiger partial charge is 0.497 e. The third-order valence-corrected chi connectivity index (χ3v) is 5.18. The van der Waals surface area contributed by atoms with Gasteiger partial charge in [-0.15, -0.1) is 0 Å². The van der Waals surface area contributed by atoms with Crippen molar-refractivity contribution >= 4 is 28.9 Å². The number of hydrogen-bond acceptors (Lipinski definition) is 7. The van der Waals surface area contributed by atoms with Gasteiger partial charge in [-0.25, -0.2) is 9.79 Å². The van der Waals surface area contributed by atoms with Crippen molar-refractivity contribution in [3.8, 4) is 5.75 Å². The quantitative estimate of drug-likeness (QED) is 0.554. The molecule has 0 bridgehead atoms. The number of carboxylic acids is 1. The first-order chi connectivity index (χ1) is 13.5. The topological polar surface area (TPSA) is 88.4 Å². The van der Waals surface area contributed by atoms with Crippen molar-refractivity contribution in [2.24, 2.45) is 4.99 Å². The SMILES string of the molecule is C=CCOC(=O)C1=C(C)N=C2SC=C(CC(=O)O)N2C1c1cccc(OC)c1. The summed E-state index contributed by atoms with van der Waals surface area (Å²) in [5, 5.41) is 11.7. The highest BCUT2D eigenvalue weighted by Crippen LogP contribution is 2.45. The Bertz CT molecular complexity index is 919. The van der Waals surface area contributed by atoms with Crippen LogP contribution in [0.4, 0.5) is 0 Å². The molecule has 146 valence electrons. The van der Waals surface area contributed by atoms with Gasteiger partial charge >= 0.3 is 11.9 Å². The van der Waals surface area contributed by atoms with E-state index in [1.165, 1.54) is 17.8 Å². The van der Waals surface area contributed by atoms with Crippen molar-refractivity contribution < 1.29 is 24.2 Å². The number of hydrogen-bond donors (Lipinski definition) is 1. The number of allylic oxidation sites excluding steroid dienone is 1. The number of nitrogens with zero attached hydrogens (tertiary/aromatic N) is 2. The van der Waals surface area contributed by atoms with Crippen LogP contribution in [-0.4, -0.2) is 40.8 Å². The Morgan fingerprint density at radius 3 is 2.89 bits per heavy atom. The monoisotopic (exact) mass is 400 g/mol. The molecule has 0 aromatic heterocycles. The molecule has 0 saturated carbocycles. The van der Waals surface area contributed by atoms with Crippen molar-refractivity contribution in [2.75, 3.05) is 13.7 Å². The number of carboxylic acid groups (broad SMARTS) is 1. The predicted molar refractivity (Wildman–Crippen MR) is 107 cm³/mol. The molecule has 1 aromatic carbocycles. The summed E-state index contributed by atoms with van der Waals surface area (Å²) in [6, 6.07) is 6.75. The van der Waals surface area contributed by atoms with Gasteiger partial charge < -0.3 is 19.5 Å². The molecule has 8 heteroatoms. The average Bonchev–Trinajstić information content (AvgIpc) is 3.06. The minimum Gasteiger partial charge on any atom is -0.497 e. The van der Waals surface area contributed by atoms with Gasteiger partial charge in [0, 0.05) is 5.70 Å². The number of esters is 1. The molecule has 2 aliphatic heterocycles. The zero-order valence-corrected chi connectivity index (χ0v) is 16.4. The number of carbonyl (C=O) groups excluding carboxylic acids is 1. The van der Waals surface area contributed by atoms with Crippen LogP contribution in [-0.2, 0) is 14.3 Å². The normalized spacial score (nSPS) is 18.2. The number of aliphatic imine (C=N–C) groups is 1. The minimum atomic E-state index is -0.959. The second-order valence-electron chi connectivity index (χ2n) is 6.13. The molecule has 1 unspecified atom stereocenters. The van der Waals surface area contributed by atoms with Crippen LogP contribution in [0.2, 0.25) is 0 Å². The summed E-state index contributed by atoms with van der Waals surface area (Å²) in [5.41, 5.74) is 2.23. The number of rotatable bonds is 7. The summed E-state index contributed by atoms with van der Waals surface area (Å²) in [6.07, 6.45) is 1.31. The molecule has 0 saturated heterocycles. The van der Waals surface area contributed by atoms with E-state index in [9.17, 15) is 14.7 Å². The molecule has 1 aromatic rings. The van der Waals surface area contributed by atoms with Crippen molar-refractivity contribution in [1.29, 1.82) is 0 Å². The summed E-state index contributed by atoms with van der Waals surface area (Å²) in [7, 11) is 1.56. The Morgan fingerprint density at radius 2 is 2.21 bits per heavy atom. The number of carbonyl (C=O) groups is 2. The molecule has 0 amide bonds. The lowest BCUT2D eigenvalue weighted by atomic mass is 9.93. The van der Waals surface area contributed by atoms with Crippen LogP contribution in [0.3, 0.4) is 0 Å². The fourth-order valence-electron chi connectivity index (χ4n) is 3.13. The Balaban J connectivity index is 2.12. The lowest BCUT2D eigenvalue weighted by Gasteiger charge is -2.36. The molecule has 1 atom stereocenters. The van der Waals surface area contributed by atoms with Gasteiger partial charge in [0.25, 0.3) is 0 Å². The van der Waals surface area contributed by atoms with E-state index in [-0.39, 0.29) is 13.0 Å². The van der Waals surface area contributed by atoms with Gasteiger partial charge in [-0.05, 0) is 30.0 Å². The van der Waals surface area contributed by atoms with E-state index in [1.54, 1.807) is 30.4 Å². The Labute approximate surface area is 167 Å². The second kappa shape index (κ2) is 8.35. The van der Waals surface area contributed by atoms with E-state index in [4.69, 9.17) is 9.47 Å². The van der Waals surface area contributed by atoms with E-state index in [0.717, 1.165) is 5.56 Å². The molecule has 2 aliphatic rings. The predicted octanol–water partition coefficient (Wildman–Crippen LogP) is 3.47. The summed E-state index contributed by atoms with van der Waals surface area (Å²) in [5.74, 6) is -0.840. The van der Waals surface area contributed by atoms with Crippen molar-refractivity contribution in [3.05, 3.63) is 64.9 Å². The molecular weight excluding hydrogens is 380 g/mol. The first kappa shape index (κ1) is 19.8. The average molecular weight is 400 g/mol. The first-order valence-corrected chi connectivity index (χ1v) is 9.42. The summed E-state index contributed by atoms with van der Waals surface area (Å²) in [4.78, 5) is 30.5. The van der Waals surface area contributed by atoms with Gasteiger partial charge in [-0.2, -0.15) is 0 Å². The molecule has 0 spiro atoms. The minimum absolute atomic E-state index is 0.0730. The summed E-state index contributed by atoms with van der Waals surface area (Å²) < 4.78 is 10.6. The number of methoxy groups -OCH3 is 1. The van der Waals surface area contributed by atoms with Crippen molar-refractivity contribution in [2.45, 2.75) is 19.4 Å². The van der Waals surface area contributed by atoms with Gasteiger partial charge in [0.2, 0.25) is 0 Å². The highest BCUT2D eigenvalue weighted by Gasteiger charge is 2.41. The summed E-state index contributed by atoms with van der Waals surface area (Å²) in [6.45, 7) is 5.39. The second-order valence-corrected chi connectivity index (χ2v) is 6.96. The molecule has 0 fully saturated rings. The van der Waals surface area contributed by atoms with E-state index in [1.807, 2.05) is 18.2 Å². The first-order valence-electron chi connectivity index (χ1n) is 8.54. The lowest BCUT2D eigenvalue weighted by Crippen LogP contribution is -2.37. The van der Waals surface area contributed by atoms with Crippen LogP contribution >= 0.6 is 11.8 Å². The maximum atomic E-state index is 12.8. The van der Waals surface area contributed by atoms with Gasteiger partial charge in [-0.3, -0.25) is 4.79 Å². The van der Waals surface area contributed by atoms with Crippen LogP contribution in [0, 0.1) is 0 Å². The fraction of sp³-hybridized carbons (Fsp3) is 0.250. The van der Waals surface area contributed by atoms with Crippen molar-refractivity contribution in [3.63, 3.8) is 0 Å². The van der Waals surface area contributed by atoms with Gasteiger partial charge in [0.15, 0.2) is 5.17 Å². The highest BCUT2D eigenvalue weighted by molar-refractivity contribution is 8.16. The number of thioether (sulfide) groups is 1. The standard InChI is InChI=1S/C20H20N2O5S/c1-4-8-27-19(25)17-12(2)21-20-22(14(11-28-20)10-16(23)24)18(17)13-6-5-7-15(9-13)26-3/h4-7,9,11,18H,1,8,10H2,2-3H3,(H,23,24). The molecule has 28 heavy (non-hydrogen) atoms. The molecule has 2 heterocycles. The zero-order chi connectivity index (χ0) is 20.3. The van der Waals surface area contributed by atoms with E-state index < -0.39 is 18.0 Å². The molecule has 7 nitrogen and oxygen atoms in total. The third-order valence-electron chi connectivity index (χ3n) is 4.29. The molecule has 1 N–H and O–H groups in total. The van der Waals surface area contributed by atoms with Crippen molar-refractivity contribution in [1.82, 2.24) is 4.90 Å². The van der Waals surface area contributed by atoms with Gasteiger partial charge in [0.1, 0.15) is 12.4 Å². The van der Waals surface area contributed by atoms with E-state index >= 15 is 0 Å². The fourth-order valence-corrected chi connectivity index (χ4v) is 4.09. The van der Waals surface area contributed by atoms with Gasteiger partial charge in [0.05, 0.1) is 30.8 Å². The molecular formula is C20H20N2O5S.